The van der Waals surface area contributed by atoms with Gasteiger partial charge in [-0.15, -0.1) is 0 Å². The molecule has 1 aromatic heterocycles. The van der Waals surface area contributed by atoms with Gasteiger partial charge >= 0.3 is 0 Å². The van der Waals surface area contributed by atoms with E-state index in [2.05, 4.69) is 9.97 Å². The van der Waals surface area contributed by atoms with Crippen molar-refractivity contribution in [3.05, 3.63) is 24.3 Å². The van der Waals surface area contributed by atoms with Crippen molar-refractivity contribution in [3.8, 4) is 0 Å². The molecule has 0 aromatic carbocycles. The van der Waals surface area contributed by atoms with Crippen molar-refractivity contribution in [2.45, 2.75) is 39.4 Å². The smallest absolute Gasteiger partial charge is 0.115 e. The summed E-state index contributed by atoms with van der Waals surface area (Å²) in [7, 11) is 0. The molecule has 0 aliphatic carbocycles. The van der Waals surface area contributed by atoms with Crippen LogP contribution in [0.3, 0.4) is 0 Å². The Bertz CT molecular complexity index is 253. The molecule has 0 aliphatic rings. The number of ether oxygens (including phenoxy) is 1. The number of aromatic nitrogens is 2. The van der Waals surface area contributed by atoms with Gasteiger partial charge in [0.05, 0.1) is 11.7 Å². The average molecular weight is 180 g/mol. The SMILES string of the molecule is CC(OC(C)(C)C)c1cncnc1. The van der Waals surface area contributed by atoms with Crippen LogP contribution in [0.1, 0.15) is 39.4 Å². The second-order valence-corrected chi connectivity index (χ2v) is 4.04. The van der Waals surface area contributed by atoms with Gasteiger partial charge in [-0.3, -0.25) is 0 Å². The van der Waals surface area contributed by atoms with Crippen molar-refractivity contribution in [1.82, 2.24) is 9.97 Å². The summed E-state index contributed by atoms with van der Waals surface area (Å²) in [5, 5.41) is 0. The Labute approximate surface area is 79.2 Å². The van der Waals surface area contributed by atoms with Crippen molar-refractivity contribution in [2.75, 3.05) is 0 Å². The first-order valence-corrected chi connectivity index (χ1v) is 4.42. The Balaban J connectivity index is 2.64. The predicted octanol–water partition coefficient (Wildman–Crippen LogP) is 2.35. The van der Waals surface area contributed by atoms with Gasteiger partial charge in [-0.2, -0.15) is 0 Å². The van der Waals surface area contributed by atoms with Crippen molar-refractivity contribution in [1.29, 1.82) is 0 Å². The van der Waals surface area contributed by atoms with Crippen LogP contribution in [-0.2, 0) is 4.74 Å². The Morgan fingerprint density at radius 3 is 2.23 bits per heavy atom. The minimum absolute atomic E-state index is 0.0428. The molecule has 0 saturated heterocycles. The first-order valence-electron chi connectivity index (χ1n) is 4.42. The molecule has 0 bridgehead atoms. The zero-order chi connectivity index (χ0) is 9.90. The van der Waals surface area contributed by atoms with Gasteiger partial charge in [0.15, 0.2) is 0 Å². The minimum atomic E-state index is -0.130. The van der Waals surface area contributed by atoms with E-state index in [0.717, 1.165) is 5.56 Å². The Hall–Kier alpha value is -0.960. The maximum atomic E-state index is 5.74. The van der Waals surface area contributed by atoms with Gasteiger partial charge < -0.3 is 4.74 Å². The molecule has 0 amide bonds. The van der Waals surface area contributed by atoms with Crippen LogP contribution in [-0.4, -0.2) is 15.6 Å². The lowest BCUT2D eigenvalue weighted by atomic mass is 10.1. The molecule has 72 valence electrons. The fraction of sp³-hybridized carbons (Fsp3) is 0.600. The third-order valence-corrected chi connectivity index (χ3v) is 1.58. The highest BCUT2D eigenvalue weighted by Gasteiger charge is 2.16. The van der Waals surface area contributed by atoms with E-state index < -0.39 is 0 Å². The van der Waals surface area contributed by atoms with Crippen LogP contribution in [0.4, 0.5) is 0 Å². The Morgan fingerprint density at radius 2 is 1.77 bits per heavy atom. The predicted molar refractivity (Wildman–Crippen MR) is 51.3 cm³/mol. The summed E-state index contributed by atoms with van der Waals surface area (Å²) in [6.45, 7) is 8.11. The van der Waals surface area contributed by atoms with Gasteiger partial charge in [0.25, 0.3) is 0 Å². The summed E-state index contributed by atoms with van der Waals surface area (Å²) in [4.78, 5) is 7.89. The molecule has 0 saturated carbocycles. The zero-order valence-corrected chi connectivity index (χ0v) is 8.61. The number of rotatable bonds is 2. The van der Waals surface area contributed by atoms with Crippen molar-refractivity contribution in [2.24, 2.45) is 0 Å². The number of nitrogens with zero attached hydrogens (tertiary/aromatic N) is 2. The van der Waals surface area contributed by atoms with Crippen LogP contribution in [0, 0.1) is 0 Å². The zero-order valence-electron chi connectivity index (χ0n) is 8.61. The second-order valence-electron chi connectivity index (χ2n) is 4.04. The van der Waals surface area contributed by atoms with Gasteiger partial charge in [-0.25, -0.2) is 9.97 Å². The maximum Gasteiger partial charge on any atom is 0.115 e. The molecule has 1 heterocycles. The fourth-order valence-electron chi connectivity index (χ4n) is 1.12. The Morgan fingerprint density at radius 1 is 1.23 bits per heavy atom. The third-order valence-electron chi connectivity index (χ3n) is 1.58. The highest BCUT2D eigenvalue weighted by Crippen LogP contribution is 2.21. The average Bonchev–Trinajstić information content (AvgIpc) is 2.03. The number of hydrogen-bond donors (Lipinski definition) is 0. The van der Waals surface area contributed by atoms with E-state index in [1.165, 1.54) is 6.33 Å². The van der Waals surface area contributed by atoms with E-state index in [1.807, 2.05) is 27.7 Å². The van der Waals surface area contributed by atoms with E-state index in [1.54, 1.807) is 12.4 Å². The maximum absolute atomic E-state index is 5.74. The fourth-order valence-corrected chi connectivity index (χ4v) is 1.12. The van der Waals surface area contributed by atoms with Crippen molar-refractivity contribution in [3.63, 3.8) is 0 Å². The molecule has 0 fully saturated rings. The normalized spacial score (nSPS) is 14.2. The van der Waals surface area contributed by atoms with E-state index in [-0.39, 0.29) is 11.7 Å². The van der Waals surface area contributed by atoms with E-state index in [9.17, 15) is 0 Å². The third kappa shape index (κ3) is 3.51. The molecule has 0 aliphatic heterocycles. The topological polar surface area (TPSA) is 35.0 Å². The molecule has 1 rings (SSSR count). The minimum Gasteiger partial charge on any atom is -0.368 e. The molecular weight excluding hydrogens is 164 g/mol. The second kappa shape index (κ2) is 3.83. The van der Waals surface area contributed by atoms with Gasteiger partial charge in [0.1, 0.15) is 6.33 Å². The molecule has 3 heteroatoms. The largest absolute Gasteiger partial charge is 0.368 e. The molecule has 0 spiro atoms. The van der Waals surface area contributed by atoms with Gasteiger partial charge in [-0.05, 0) is 27.7 Å². The van der Waals surface area contributed by atoms with Crippen LogP contribution in [0.5, 0.6) is 0 Å². The van der Waals surface area contributed by atoms with Crippen LogP contribution < -0.4 is 0 Å². The lowest BCUT2D eigenvalue weighted by Gasteiger charge is -2.24. The monoisotopic (exact) mass is 180 g/mol. The molecular formula is C10H16N2O. The summed E-state index contributed by atoms with van der Waals surface area (Å²) in [6, 6.07) is 0. The quantitative estimate of drug-likeness (QED) is 0.700. The van der Waals surface area contributed by atoms with E-state index in [4.69, 9.17) is 4.74 Å². The van der Waals surface area contributed by atoms with Gasteiger partial charge in [-0.1, -0.05) is 0 Å². The first-order chi connectivity index (χ1) is 5.99. The van der Waals surface area contributed by atoms with E-state index >= 15 is 0 Å². The Kier molecular flexibility index (Phi) is 2.98. The van der Waals surface area contributed by atoms with Crippen LogP contribution in [0.25, 0.3) is 0 Å². The molecule has 3 nitrogen and oxygen atoms in total. The van der Waals surface area contributed by atoms with Gasteiger partial charge in [0.2, 0.25) is 0 Å². The lowest BCUT2D eigenvalue weighted by molar-refractivity contribution is -0.0532. The van der Waals surface area contributed by atoms with Crippen molar-refractivity contribution >= 4 is 0 Å². The molecule has 13 heavy (non-hydrogen) atoms. The lowest BCUT2D eigenvalue weighted by Crippen LogP contribution is -2.21. The molecule has 1 aromatic rings. The summed E-state index contributed by atoms with van der Waals surface area (Å²) in [6.07, 6.45) is 5.13. The summed E-state index contributed by atoms with van der Waals surface area (Å²) < 4.78 is 5.74. The number of hydrogen-bond acceptors (Lipinski definition) is 3. The first kappa shape index (κ1) is 10.1. The van der Waals surface area contributed by atoms with Crippen LogP contribution in [0.15, 0.2) is 18.7 Å². The van der Waals surface area contributed by atoms with Crippen LogP contribution >= 0.6 is 0 Å². The molecule has 0 N–H and O–H groups in total. The van der Waals surface area contributed by atoms with E-state index in [0.29, 0.717) is 0 Å². The summed E-state index contributed by atoms with van der Waals surface area (Å²) in [5.41, 5.74) is 0.882. The highest BCUT2D eigenvalue weighted by molar-refractivity contribution is 5.05. The summed E-state index contributed by atoms with van der Waals surface area (Å²) >= 11 is 0. The van der Waals surface area contributed by atoms with Crippen LogP contribution in [0.2, 0.25) is 0 Å². The highest BCUT2D eigenvalue weighted by atomic mass is 16.5. The molecule has 0 radical (unpaired) electrons. The standard InChI is InChI=1S/C10H16N2O/c1-8(13-10(2,3)4)9-5-11-7-12-6-9/h5-8H,1-4H3. The van der Waals surface area contributed by atoms with Crippen molar-refractivity contribution < 1.29 is 4.74 Å². The molecule has 1 unspecified atom stereocenters. The molecule has 1 atom stereocenters. The summed E-state index contributed by atoms with van der Waals surface area (Å²) in [5.74, 6) is 0. The van der Waals surface area contributed by atoms with Gasteiger partial charge in [0, 0.05) is 18.0 Å².